The van der Waals surface area contributed by atoms with Crippen LogP contribution in [0.2, 0.25) is 0 Å². The summed E-state index contributed by atoms with van der Waals surface area (Å²) < 4.78 is 6.16. The third-order valence-corrected chi connectivity index (χ3v) is 4.61. The third-order valence-electron chi connectivity index (χ3n) is 3.07. The highest BCUT2D eigenvalue weighted by molar-refractivity contribution is 9.11. The SMILES string of the molecule is CC(OC(=O)Nc1ncsc1Br)[C@H](C)c1ccccc1. The van der Waals surface area contributed by atoms with Gasteiger partial charge in [-0.15, -0.1) is 11.3 Å². The largest absolute Gasteiger partial charge is 0.446 e. The molecule has 0 saturated heterocycles. The number of hydrogen-bond donors (Lipinski definition) is 1. The van der Waals surface area contributed by atoms with Crippen LogP contribution in [0.25, 0.3) is 0 Å². The van der Waals surface area contributed by atoms with Crippen molar-refractivity contribution in [2.24, 2.45) is 0 Å². The van der Waals surface area contributed by atoms with Crippen molar-refractivity contribution >= 4 is 39.2 Å². The summed E-state index contributed by atoms with van der Waals surface area (Å²) in [7, 11) is 0. The number of halogens is 1. The van der Waals surface area contributed by atoms with Crippen LogP contribution in [-0.2, 0) is 4.74 Å². The number of rotatable bonds is 4. The molecule has 0 bridgehead atoms. The third kappa shape index (κ3) is 3.80. The van der Waals surface area contributed by atoms with E-state index in [4.69, 9.17) is 4.74 Å². The molecule has 106 valence electrons. The normalized spacial score (nSPS) is 13.6. The van der Waals surface area contributed by atoms with E-state index in [0.717, 1.165) is 9.35 Å². The summed E-state index contributed by atoms with van der Waals surface area (Å²) in [6.45, 7) is 3.92. The number of ether oxygens (including phenoxy) is 1. The van der Waals surface area contributed by atoms with Gasteiger partial charge < -0.3 is 4.74 Å². The highest BCUT2D eigenvalue weighted by Crippen LogP contribution is 2.26. The Bertz CT molecular complexity index is 574. The number of carbonyl (C=O) groups is 1. The van der Waals surface area contributed by atoms with Crippen LogP contribution in [-0.4, -0.2) is 17.2 Å². The summed E-state index contributed by atoms with van der Waals surface area (Å²) >= 11 is 4.72. The average Bonchev–Trinajstić information content (AvgIpc) is 2.84. The zero-order valence-electron chi connectivity index (χ0n) is 11.2. The fourth-order valence-corrected chi connectivity index (χ4v) is 2.66. The fourth-order valence-electron chi connectivity index (χ4n) is 1.74. The molecule has 1 N–H and O–H groups in total. The van der Waals surface area contributed by atoms with Gasteiger partial charge in [-0.1, -0.05) is 37.3 Å². The number of aromatic nitrogens is 1. The standard InChI is InChI=1S/C14H15BrN2O2S/c1-9(11-6-4-3-5-7-11)10(2)19-14(18)17-13-12(15)20-8-16-13/h3-10H,1-2H3,(H,17,18)/t9-,10?/m0/s1. The van der Waals surface area contributed by atoms with E-state index in [2.05, 4.69) is 26.2 Å². The van der Waals surface area contributed by atoms with Gasteiger partial charge in [0.2, 0.25) is 0 Å². The smallest absolute Gasteiger partial charge is 0.413 e. The number of thiazole rings is 1. The van der Waals surface area contributed by atoms with Gasteiger partial charge in [0, 0.05) is 5.92 Å². The molecular formula is C14H15BrN2O2S. The van der Waals surface area contributed by atoms with E-state index in [1.807, 2.05) is 44.2 Å². The Morgan fingerprint density at radius 2 is 2.05 bits per heavy atom. The second kappa shape index (κ2) is 6.85. The summed E-state index contributed by atoms with van der Waals surface area (Å²) in [6, 6.07) is 9.98. The van der Waals surface area contributed by atoms with Crippen molar-refractivity contribution in [1.29, 1.82) is 0 Å². The lowest BCUT2D eigenvalue weighted by atomic mass is 9.96. The van der Waals surface area contributed by atoms with Crippen LogP contribution >= 0.6 is 27.3 Å². The van der Waals surface area contributed by atoms with Gasteiger partial charge in [0.25, 0.3) is 0 Å². The molecule has 20 heavy (non-hydrogen) atoms. The molecule has 1 heterocycles. The van der Waals surface area contributed by atoms with Gasteiger partial charge in [-0.3, -0.25) is 5.32 Å². The quantitative estimate of drug-likeness (QED) is 0.869. The summed E-state index contributed by atoms with van der Waals surface area (Å²) in [6.07, 6.45) is -0.721. The molecule has 2 aromatic rings. The lowest BCUT2D eigenvalue weighted by Gasteiger charge is -2.20. The van der Waals surface area contributed by atoms with E-state index in [1.165, 1.54) is 11.3 Å². The Morgan fingerprint density at radius 1 is 1.35 bits per heavy atom. The molecule has 2 atom stereocenters. The van der Waals surface area contributed by atoms with Crippen LogP contribution in [0.5, 0.6) is 0 Å². The number of benzene rings is 1. The van der Waals surface area contributed by atoms with Crippen molar-refractivity contribution < 1.29 is 9.53 Å². The van der Waals surface area contributed by atoms with Gasteiger partial charge in [0.1, 0.15) is 9.89 Å². The van der Waals surface area contributed by atoms with Crippen LogP contribution in [0, 0.1) is 0 Å². The number of nitrogens with one attached hydrogen (secondary N) is 1. The van der Waals surface area contributed by atoms with Gasteiger partial charge in [0.05, 0.1) is 5.51 Å². The van der Waals surface area contributed by atoms with E-state index < -0.39 is 6.09 Å². The Balaban J connectivity index is 1.92. The summed E-state index contributed by atoms with van der Waals surface area (Å²) in [5.74, 6) is 0.611. The van der Waals surface area contributed by atoms with E-state index in [1.54, 1.807) is 5.51 Å². The predicted octanol–water partition coefficient (Wildman–Crippen LogP) is 4.65. The molecule has 1 aromatic carbocycles. The molecule has 1 amide bonds. The maximum absolute atomic E-state index is 11.8. The minimum Gasteiger partial charge on any atom is -0.446 e. The molecule has 0 aliphatic heterocycles. The van der Waals surface area contributed by atoms with Gasteiger partial charge in [-0.2, -0.15) is 0 Å². The molecule has 1 unspecified atom stereocenters. The summed E-state index contributed by atoms with van der Waals surface area (Å²) in [4.78, 5) is 15.8. The summed E-state index contributed by atoms with van der Waals surface area (Å²) in [5.41, 5.74) is 2.79. The number of hydrogen-bond acceptors (Lipinski definition) is 4. The van der Waals surface area contributed by atoms with E-state index in [9.17, 15) is 4.79 Å². The van der Waals surface area contributed by atoms with Crippen LogP contribution in [0.15, 0.2) is 39.6 Å². The highest BCUT2D eigenvalue weighted by atomic mass is 79.9. The Kier molecular flexibility index (Phi) is 5.14. The van der Waals surface area contributed by atoms with Crippen molar-refractivity contribution in [3.63, 3.8) is 0 Å². The zero-order chi connectivity index (χ0) is 14.5. The number of amides is 1. The second-order valence-electron chi connectivity index (χ2n) is 4.41. The van der Waals surface area contributed by atoms with Crippen LogP contribution in [0.3, 0.4) is 0 Å². The topological polar surface area (TPSA) is 51.2 Å². The zero-order valence-corrected chi connectivity index (χ0v) is 13.6. The van der Waals surface area contributed by atoms with Gasteiger partial charge >= 0.3 is 6.09 Å². The molecule has 0 saturated carbocycles. The van der Waals surface area contributed by atoms with Gasteiger partial charge in [0.15, 0.2) is 5.82 Å². The molecule has 0 spiro atoms. The molecular weight excluding hydrogens is 340 g/mol. The van der Waals surface area contributed by atoms with E-state index in [0.29, 0.717) is 5.82 Å². The van der Waals surface area contributed by atoms with Gasteiger partial charge in [-0.25, -0.2) is 9.78 Å². The molecule has 2 rings (SSSR count). The maximum atomic E-state index is 11.8. The van der Waals surface area contributed by atoms with Crippen LogP contribution < -0.4 is 5.32 Å². The molecule has 1 aromatic heterocycles. The maximum Gasteiger partial charge on any atom is 0.413 e. The molecule has 0 aliphatic carbocycles. The number of nitrogens with zero attached hydrogens (tertiary/aromatic N) is 1. The van der Waals surface area contributed by atoms with Gasteiger partial charge in [-0.05, 0) is 28.4 Å². The van der Waals surface area contributed by atoms with Crippen molar-refractivity contribution in [3.8, 4) is 0 Å². The average molecular weight is 355 g/mol. The van der Waals surface area contributed by atoms with Crippen LogP contribution in [0.1, 0.15) is 25.3 Å². The lowest BCUT2D eigenvalue weighted by molar-refractivity contribution is 0.107. The monoisotopic (exact) mass is 354 g/mol. The molecule has 6 heteroatoms. The predicted molar refractivity (Wildman–Crippen MR) is 84.2 cm³/mol. The Hall–Kier alpha value is -1.40. The summed E-state index contributed by atoms with van der Waals surface area (Å²) in [5, 5.41) is 2.62. The van der Waals surface area contributed by atoms with E-state index in [-0.39, 0.29) is 12.0 Å². The molecule has 0 radical (unpaired) electrons. The first-order chi connectivity index (χ1) is 9.58. The first-order valence-electron chi connectivity index (χ1n) is 6.19. The van der Waals surface area contributed by atoms with E-state index >= 15 is 0 Å². The van der Waals surface area contributed by atoms with Crippen molar-refractivity contribution in [3.05, 3.63) is 45.2 Å². The Morgan fingerprint density at radius 3 is 2.65 bits per heavy atom. The fraction of sp³-hybridized carbons (Fsp3) is 0.286. The molecule has 0 aliphatic rings. The van der Waals surface area contributed by atoms with Crippen molar-refractivity contribution in [2.45, 2.75) is 25.9 Å². The van der Waals surface area contributed by atoms with Crippen molar-refractivity contribution in [2.75, 3.05) is 5.32 Å². The minimum atomic E-state index is -0.494. The van der Waals surface area contributed by atoms with Crippen molar-refractivity contribution in [1.82, 2.24) is 4.98 Å². The highest BCUT2D eigenvalue weighted by Gasteiger charge is 2.19. The first kappa shape index (κ1) is 15.0. The molecule has 0 fully saturated rings. The second-order valence-corrected chi connectivity index (χ2v) is 6.58. The number of anilines is 1. The lowest BCUT2D eigenvalue weighted by Crippen LogP contribution is -2.24. The Labute approximate surface area is 130 Å². The van der Waals surface area contributed by atoms with Crippen LogP contribution in [0.4, 0.5) is 10.6 Å². The minimum absolute atomic E-state index is 0.126. The number of carbonyl (C=O) groups excluding carboxylic acids is 1. The molecule has 4 nitrogen and oxygen atoms in total. The first-order valence-corrected chi connectivity index (χ1v) is 7.86.